The maximum atomic E-state index is 6.30. The summed E-state index contributed by atoms with van der Waals surface area (Å²) in [4.78, 5) is 5.27. The van der Waals surface area contributed by atoms with Gasteiger partial charge in [-0.3, -0.25) is 9.80 Å². The number of hydrogen-bond acceptors (Lipinski definition) is 3. The summed E-state index contributed by atoms with van der Waals surface area (Å²) < 4.78 is 0. The number of nitrogens with two attached hydrogens (primary N) is 1. The summed E-state index contributed by atoms with van der Waals surface area (Å²) in [5, 5.41) is 0. The number of nitrogens with zero attached hydrogens (tertiary/aromatic N) is 2. The molecule has 1 aliphatic carbocycles. The SMILES string of the molecule is CCC(C)N1CCN(C2CC(N)c3ccccc32)CC1. The van der Waals surface area contributed by atoms with Crippen LogP contribution in [0.15, 0.2) is 24.3 Å². The van der Waals surface area contributed by atoms with Gasteiger partial charge < -0.3 is 5.73 Å². The van der Waals surface area contributed by atoms with Gasteiger partial charge in [0.25, 0.3) is 0 Å². The smallest absolute Gasteiger partial charge is 0.0370 e. The molecule has 0 radical (unpaired) electrons. The second kappa shape index (κ2) is 5.84. The highest BCUT2D eigenvalue weighted by atomic mass is 15.3. The Morgan fingerprint density at radius 2 is 1.80 bits per heavy atom. The molecule has 0 spiro atoms. The van der Waals surface area contributed by atoms with E-state index in [4.69, 9.17) is 5.73 Å². The standard InChI is InChI=1S/C17H27N3/c1-3-13(2)19-8-10-20(11-9-19)17-12-16(18)14-6-4-5-7-15(14)17/h4-7,13,16-17H,3,8-12,18H2,1-2H3. The Labute approximate surface area is 122 Å². The van der Waals surface area contributed by atoms with Crippen LogP contribution in [0.4, 0.5) is 0 Å². The van der Waals surface area contributed by atoms with Crippen molar-refractivity contribution in [1.82, 2.24) is 9.80 Å². The van der Waals surface area contributed by atoms with Crippen LogP contribution in [-0.2, 0) is 0 Å². The van der Waals surface area contributed by atoms with Crippen LogP contribution in [0.3, 0.4) is 0 Å². The van der Waals surface area contributed by atoms with E-state index < -0.39 is 0 Å². The monoisotopic (exact) mass is 273 g/mol. The molecule has 3 rings (SSSR count). The number of rotatable bonds is 3. The quantitative estimate of drug-likeness (QED) is 0.918. The van der Waals surface area contributed by atoms with Gasteiger partial charge in [0.1, 0.15) is 0 Å². The number of hydrogen-bond donors (Lipinski definition) is 1. The first-order valence-electron chi connectivity index (χ1n) is 8.03. The third kappa shape index (κ3) is 2.50. The Hall–Kier alpha value is -0.900. The lowest BCUT2D eigenvalue weighted by Gasteiger charge is -2.40. The zero-order chi connectivity index (χ0) is 14.1. The Balaban J connectivity index is 1.68. The van der Waals surface area contributed by atoms with E-state index in [2.05, 4.69) is 47.9 Å². The van der Waals surface area contributed by atoms with Crippen LogP contribution in [0, 0.1) is 0 Å². The first kappa shape index (κ1) is 14.1. The van der Waals surface area contributed by atoms with E-state index in [1.807, 2.05) is 0 Å². The maximum Gasteiger partial charge on any atom is 0.0370 e. The zero-order valence-corrected chi connectivity index (χ0v) is 12.8. The second-order valence-corrected chi connectivity index (χ2v) is 6.32. The molecule has 3 nitrogen and oxygen atoms in total. The van der Waals surface area contributed by atoms with Crippen molar-refractivity contribution in [2.75, 3.05) is 26.2 Å². The number of benzene rings is 1. The van der Waals surface area contributed by atoms with Gasteiger partial charge in [-0.2, -0.15) is 0 Å². The molecule has 1 fully saturated rings. The molecule has 2 aliphatic rings. The third-order valence-corrected chi connectivity index (χ3v) is 5.24. The molecule has 3 atom stereocenters. The van der Waals surface area contributed by atoms with Gasteiger partial charge in [-0.15, -0.1) is 0 Å². The van der Waals surface area contributed by atoms with Crippen molar-refractivity contribution >= 4 is 0 Å². The number of piperazine rings is 1. The molecule has 0 bridgehead atoms. The van der Waals surface area contributed by atoms with Gasteiger partial charge in [0.2, 0.25) is 0 Å². The first-order chi connectivity index (χ1) is 9.70. The minimum atomic E-state index is 0.226. The molecule has 0 saturated carbocycles. The van der Waals surface area contributed by atoms with Crippen molar-refractivity contribution in [2.45, 2.75) is 44.8 Å². The third-order valence-electron chi connectivity index (χ3n) is 5.24. The van der Waals surface area contributed by atoms with Gasteiger partial charge in [0.15, 0.2) is 0 Å². The summed E-state index contributed by atoms with van der Waals surface area (Å²) in [6, 6.07) is 10.2. The highest BCUT2D eigenvalue weighted by molar-refractivity contribution is 5.37. The highest BCUT2D eigenvalue weighted by Gasteiger charge is 2.34. The van der Waals surface area contributed by atoms with E-state index in [1.165, 1.54) is 43.7 Å². The molecule has 110 valence electrons. The molecule has 3 heteroatoms. The molecule has 1 heterocycles. The van der Waals surface area contributed by atoms with Crippen LogP contribution in [0.5, 0.6) is 0 Å². The lowest BCUT2D eigenvalue weighted by molar-refractivity contribution is 0.0710. The molecule has 0 amide bonds. The lowest BCUT2D eigenvalue weighted by atomic mass is 10.1. The molecule has 1 aromatic rings. The predicted octanol–water partition coefficient (Wildman–Crippen LogP) is 2.55. The van der Waals surface area contributed by atoms with Gasteiger partial charge in [0.05, 0.1) is 0 Å². The van der Waals surface area contributed by atoms with E-state index in [-0.39, 0.29) is 6.04 Å². The minimum Gasteiger partial charge on any atom is -0.324 e. The fraction of sp³-hybridized carbons (Fsp3) is 0.647. The van der Waals surface area contributed by atoms with E-state index in [1.54, 1.807) is 0 Å². The van der Waals surface area contributed by atoms with Crippen molar-refractivity contribution in [3.63, 3.8) is 0 Å². The molecule has 2 N–H and O–H groups in total. The van der Waals surface area contributed by atoms with Gasteiger partial charge in [-0.05, 0) is 30.9 Å². The normalized spacial score (nSPS) is 29.4. The van der Waals surface area contributed by atoms with Crippen molar-refractivity contribution in [3.05, 3.63) is 35.4 Å². The zero-order valence-electron chi connectivity index (χ0n) is 12.8. The van der Waals surface area contributed by atoms with Crippen LogP contribution in [0.1, 0.15) is 49.9 Å². The van der Waals surface area contributed by atoms with E-state index in [0.29, 0.717) is 6.04 Å². The van der Waals surface area contributed by atoms with Crippen LogP contribution in [-0.4, -0.2) is 42.0 Å². The first-order valence-corrected chi connectivity index (χ1v) is 8.03. The predicted molar refractivity (Wildman–Crippen MR) is 83.6 cm³/mol. The van der Waals surface area contributed by atoms with Gasteiger partial charge in [-0.1, -0.05) is 31.2 Å². The summed E-state index contributed by atoms with van der Waals surface area (Å²) >= 11 is 0. The molecule has 1 saturated heterocycles. The Morgan fingerprint density at radius 3 is 2.45 bits per heavy atom. The number of fused-ring (bicyclic) bond motifs is 1. The van der Waals surface area contributed by atoms with Crippen molar-refractivity contribution in [3.8, 4) is 0 Å². The highest BCUT2D eigenvalue weighted by Crippen LogP contribution is 2.41. The molecule has 0 aromatic heterocycles. The Morgan fingerprint density at radius 1 is 1.15 bits per heavy atom. The van der Waals surface area contributed by atoms with Gasteiger partial charge in [0, 0.05) is 44.3 Å². The van der Waals surface area contributed by atoms with E-state index >= 15 is 0 Å². The van der Waals surface area contributed by atoms with Gasteiger partial charge >= 0.3 is 0 Å². The van der Waals surface area contributed by atoms with Crippen LogP contribution >= 0.6 is 0 Å². The summed E-state index contributed by atoms with van der Waals surface area (Å²) in [6.45, 7) is 9.37. The topological polar surface area (TPSA) is 32.5 Å². The Bertz CT molecular complexity index is 451. The fourth-order valence-electron chi connectivity index (χ4n) is 3.74. The van der Waals surface area contributed by atoms with Crippen LogP contribution in [0.2, 0.25) is 0 Å². The summed E-state index contributed by atoms with van der Waals surface area (Å²) in [5.41, 5.74) is 9.14. The summed E-state index contributed by atoms with van der Waals surface area (Å²) in [5.74, 6) is 0. The molecule has 1 aliphatic heterocycles. The summed E-state index contributed by atoms with van der Waals surface area (Å²) in [6.07, 6.45) is 2.33. The molecule has 20 heavy (non-hydrogen) atoms. The van der Waals surface area contributed by atoms with Crippen LogP contribution in [0.25, 0.3) is 0 Å². The van der Waals surface area contributed by atoms with Gasteiger partial charge in [-0.25, -0.2) is 0 Å². The van der Waals surface area contributed by atoms with Crippen LogP contribution < -0.4 is 5.73 Å². The summed E-state index contributed by atoms with van der Waals surface area (Å²) in [7, 11) is 0. The second-order valence-electron chi connectivity index (χ2n) is 6.32. The Kier molecular flexibility index (Phi) is 4.11. The van der Waals surface area contributed by atoms with Crippen molar-refractivity contribution in [2.24, 2.45) is 5.73 Å². The van der Waals surface area contributed by atoms with Crippen molar-refractivity contribution < 1.29 is 0 Å². The molecular weight excluding hydrogens is 246 g/mol. The fourth-order valence-corrected chi connectivity index (χ4v) is 3.74. The average Bonchev–Trinajstić information content (AvgIpc) is 2.84. The minimum absolute atomic E-state index is 0.226. The molecular formula is C17H27N3. The lowest BCUT2D eigenvalue weighted by Crippen LogP contribution is -2.50. The average molecular weight is 273 g/mol. The molecule has 3 unspecified atom stereocenters. The largest absolute Gasteiger partial charge is 0.324 e. The van der Waals surface area contributed by atoms with Crippen molar-refractivity contribution in [1.29, 1.82) is 0 Å². The van der Waals surface area contributed by atoms with E-state index in [0.717, 1.165) is 12.5 Å². The molecule has 1 aromatic carbocycles. The maximum absolute atomic E-state index is 6.30. The van der Waals surface area contributed by atoms with E-state index in [9.17, 15) is 0 Å².